The molecule has 0 radical (unpaired) electrons. The van der Waals surface area contributed by atoms with Crippen LogP contribution in [0.5, 0.6) is 0 Å². The lowest BCUT2D eigenvalue weighted by atomic mass is 9.43. The van der Waals surface area contributed by atoms with E-state index in [1.54, 1.807) is 22.3 Å². The third-order valence-electron chi connectivity index (χ3n) is 30.9. The van der Waals surface area contributed by atoms with Gasteiger partial charge in [-0.25, -0.2) is 4.39 Å². The lowest BCUT2D eigenvalue weighted by Crippen LogP contribution is -2.55. The van der Waals surface area contributed by atoms with Crippen molar-refractivity contribution >= 4 is 77.6 Å². The molecule has 2 heterocycles. The van der Waals surface area contributed by atoms with Gasteiger partial charge >= 0.3 is 0 Å². The zero-order valence-corrected chi connectivity index (χ0v) is 67.1. The van der Waals surface area contributed by atoms with Crippen LogP contribution in [0.3, 0.4) is 0 Å². The van der Waals surface area contributed by atoms with Crippen LogP contribution in [-0.4, -0.2) is 4.98 Å². The maximum atomic E-state index is 13.9. The van der Waals surface area contributed by atoms with Gasteiger partial charge < -0.3 is 14.2 Å². The van der Waals surface area contributed by atoms with E-state index in [4.69, 9.17) is 4.42 Å². The van der Waals surface area contributed by atoms with Gasteiger partial charge in [-0.1, -0.05) is 250 Å². The van der Waals surface area contributed by atoms with Crippen LogP contribution in [0.15, 0.2) is 344 Å². The smallest absolute Gasteiger partial charge is 0.159 e. The fourth-order valence-corrected chi connectivity index (χ4v) is 26.7. The molecular formula is C114H90FN3O. The van der Waals surface area contributed by atoms with Gasteiger partial charge in [-0.15, -0.1) is 0 Å². The highest BCUT2D eigenvalue weighted by molar-refractivity contribution is 6.13. The first-order chi connectivity index (χ1) is 58.6. The van der Waals surface area contributed by atoms with Gasteiger partial charge in [0.2, 0.25) is 0 Å². The van der Waals surface area contributed by atoms with Crippen LogP contribution in [0.25, 0.3) is 121 Å². The maximum Gasteiger partial charge on any atom is 0.159 e. The number of hydrogen-bond donors (Lipinski definition) is 0. The van der Waals surface area contributed by atoms with Crippen LogP contribution in [0.1, 0.15) is 111 Å². The SMILES string of the molecule is CC1(C)c2ccccc2-c2cccc(N(c3ccc(-c4ccc(F)cc4)cc3)c3cccc4c(-c5ccc6c(c5)-c5ccccc5C65C6CC7CC(C6)CC5C7)cccc34)c21.c1ccc2c(c1)-c1cc(-c3cccc4c(N(c5ccc(-c6ccncc6)cc5)c5cccc6c5oc5ccccc56)cccc34)ccc1C21C2CC3CC(C2)CC1C3. The van der Waals surface area contributed by atoms with E-state index in [1.807, 2.05) is 30.6 Å². The molecule has 8 fully saturated rings. The molecule has 0 unspecified atom stereocenters. The summed E-state index contributed by atoms with van der Waals surface area (Å²) in [7, 11) is 0. The second-order valence-corrected chi connectivity index (χ2v) is 36.9. The number of anilines is 6. The van der Waals surface area contributed by atoms with Crippen LogP contribution >= 0.6 is 0 Å². The highest BCUT2D eigenvalue weighted by atomic mass is 19.1. The average Bonchev–Trinajstić information content (AvgIpc) is 1.54. The van der Waals surface area contributed by atoms with Crippen LogP contribution < -0.4 is 9.80 Å². The second-order valence-electron chi connectivity index (χ2n) is 36.9. The summed E-state index contributed by atoms with van der Waals surface area (Å²) in [4.78, 5) is 9.12. The molecule has 11 aliphatic carbocycles. The van der Waals surface area contributed by atoms with E-state index in [2.05, 4.69) is 326 Å². The van der Waals surface area contributed by atoms with Crippen molar-refractivity contribution in [1.29, 1.82) is 0 Å². The van der Waals surface area contributed by atoms with Crippen molar-refractivity contribution in [3.8, 4) is 77.9 Å². The van der Waals surface area contributed by atoms with Crippen LogP contribution in [0.4, 0.5) is 38.5 Å². The molecule has 0 aliphatic heterocycles. The van der Waals surface area contributed by atoms with Gasteiger partial charge in [-0.05, 0) is 325 Å². The Morgan fingerprint density at radius 2 is 0.647 bits per heavy atom. The summed E-state index contributed by atoms with van der Waals surface area (Å²) < 4.78 is 20.6. The van der Waals surface area contributed by atoms with E-state index >= 15 is 0 Å². The first-order valence-electron chi connectivity index (χ1n) is 43.7. The summed E-state index contributed by atoms with van der Waals surface area (Å²) in [5.74, 6) is 6.54. The van der Waals surface area contributed by atoms with Gasteiger partial charge in [0.05, 0.1) is 22.7 Å². The van der Waals surface area contributed by atoms with Crippen molar-refractivity contribution in [1.82, 2.24) is 4.98 Å². The monoisotopic (exact) mass is 1540 g/mol. The number of aromatic nitrogens is 1. The number of rotatable bonds is 10. The Balaban J connectivity index is 0.000000132. The van der Waals surface area contributed by atoms with E-state index in [1.165, 1.54) is 170 Å². The molecule has 8 saturated carbocycles. The summed E-state index contributed by atoms with van der Waals surface area (Å²) in [5, 5.41) is 7.14. The molecule has 2 aromatic heterocycles. The molecule has 11 aliphatic rings. The minimum Gasteiger partial charge on any atom is -0.454 e. The zero-order valence-electron chi connectivity index (χ0n) is 67.1. The second kappa shape index (κ2) is 26.4. The number of nitrogens with zero attached hydrogens (tertiary/aromatic N) is 3. The average molecular weight is 1540 g/mol. The Morgan fingerprint density at radius 3 is 1.17 bits per heavy atom. The number of para-hydroxylation sites is 2. The third-order valence-corrected chi connectivity index (χ3v) is 30.9. The van der Waals surface area contributed by atoms with Crippen molar-refractivity contribution in [2.24, 2.45) is 47.3 Å². The predicted octanol–water partition coefficient (Wildman–Crippen LogP) is 30.5. The largest absolute Gasteiger partial charge is 0.454 e. The topological polar surface area (TPSA) is 32.5 Å². The third kappa shape index (κ3) is 10.2. The summed E-state index contributed by atoms with van der Waals surface area (Å²) in [5.41, 5.74) is 35.5. The van der Waals surface area contributed by atoms with Crippen molar-refractivity contribution < 1.29 is 8.81 Å². The molecular weight excluding hydrogens is 1450 g/mol. The molecule has 0 N–H and O–H groups in total. The van der Waals surface area contributed by atoms with E-state index in [0.717, 1.165) is 120 Å². The van der Waals surface area contributed by atoms with Crippen LogP contribution in [0, 0.1) is 53.2 Å². The maximum absolute atomic E-state index is 13.9. The summed E-state index contributed by atoms with van der Waals surface area (Å²) in [6, 6.07) is 121. The van der Waals surface area contributed by atoms with E-state index in [9.17, 15) is 4.39 Å². The van der Waals surface area contributed by atoms with Gasteiger partial charge in [0.15, 0.2) is 5.58 Å². The van der Waals surface area contributed by atoms with E-state index in [-0.39, 0.29) is 22.1 Å². The van der Waals surface area contributed by atoms with Gasteiger partial charge in [-0.3, -0.25) is 4.98 Å². The molecule has 15 aromatic carbocycles. The Kier molecular flexibility index (Phi) is 15.4. The van der Waals surface area contributed by atoms with Crippen molar-refractivity contribution in [2.75, 3.05) is 9.80 Å². The zero-order chi connectivity index (χ0) is 78.6. The number of furan rings is 1. The number of hydrogen-bond acceptors (Lipinski definition) is 4. The fraction of sp³-hybridized carbons (Fsp3) is 0.202. The molecule has 17 aromatic rings. The van der Waals surface area contributed by atoms with Crippen LogP contribution in [0.2, 0.25) is 0 Å². The van der Waals surface area contributed by atoms with E-state index < -0.39 is 0 Å². The quantitative estimate of drug-likeness (QED) is 0.137. The Bertz CT molecular complexity index is 6950. The Hall–Kier alpha value is -12.7. The Labute approximate surface area is 695 Å². The standard InChI is InChI=1S/C59H48FN.C55H42N2O/c1-58(2)52-16-5-3-10-47(52)50-15-9-19-56(57(50)58)61(44-27-22-39(23-28-44)38-20-25-43(60)26-21-38)55-18-8-13-46-45(12-7-14-49(46)55)40-24-29-54-51(35-40)48-11-4-6-17-53(48)59(54)41-31-36-30-37(33-41)34-42(59)32-36;1-3-14-49-44(8-1)48-33-38(20-23-50(48)55(49)39-29-34-28-35(31-39)32-40(55)30-34)42-10-5-12-45-43(42)11-6-15-51(45)57(41-21-18-36(19-22-41)37-24-26-56-27-25-37)52-16-7-13-47-46-9-2-4-17-53(46)58-54(47)52/h3-29,35-37,41-42H,30-34H2,1-2H3;1-27,33-35,39-40H,28-32H2. The van der Waals surface area contributed by atoms with E-state index in [0.29, 0.717) is 0 Å². The molecule has 0 atom stereocenters. The van der Waals surface area contributed by atoms with Crippen LogP contribution in [-0.2, 0) is 16.2 Å². The number of pyridine rings is 1. The molecule has 0 saturated heterocycles. The fourth-order valence-electron chi connectivity index (χ4n) is 26.7. The molecule has 574 valence electrons. The van der Waals surface area contributed by atoms with Crippen molar-refractivity contribution in [3.63, 3.8) is 0 Å². The lowest BCUT2D eigenvalue weighted by Gasteiger charge is -2.61. The minimum absolute atomic E-state index is 0.167. The predicted molar refractivity (Wildman–Crippen MR) is 488 cm³/mol. The number of benzene rings is 15. The number of halogens is 1. The Morgan fingerprint density at radius 1 is 0.286 bits per heavy atom. The van der Waals surface area contributed by atoms with Gasteiger partial charge in [0, 0.05) is 61.6 Å². The minimum atomic E-state index is -0.222. The number of fused-ring (bicyclic) bond motifs is 14. The molecule has 5 heteroatoms. The molecule has 0 amide bonds. The first-order valence-corrected chi connectivity index (χ1v) is 43.7. The molecule has 4 nitrogen and oxygen atoms in total. The van der Waals surface area contributed by atoms with Gasteiger partial charge in [0.1, 0.15) is 11.4 Å². The highest BCUT2D eigenvalue weighted by Gasteiger charge is 2.63. The summed E-state index contributed by atoms with van der Waals surface area (Å²) in [6.45, 7) is 4.75. The normalized spacial score (nSPS) is 22.9. The lowest BCUT2D eigenvalue weighted by molar-refractivity contribution is -0.0399. The molecule has 119 heavy (non-hydrogen) atoms. The van der Waals surface area contributed by atoms with Crippen molar-refractivity contribution in [2.45, 2.75) is 94.3 Å². The highest BCUT2D eigenvalue weighted by Crippen LogP contribution is 2.72. The van der Waals surface area contributed by atoms with Gasteiger partial charge in [0.25, 0.3) is 0 Å². The molecule has 28 rings (SSSR count). The van der Waals surface area contributed by atoms with Crippen molar-refractivity contribution in [3.05, 3.63) is 379 Å². The van der Waals surface area contributed by atoms with Gasteiger partial charge in [-0.2, -0.15) is 0 Å². The first kappa shape index (κ1) is 69.4. The summed E-state index contributed by atoms with van der Waals surface area (Å²) in [6.07, 6.45) is 17.8. The summed E-state index contributed by atoms with van der Waals surface area (Å²) >= 11 is 0. The molecule has 2 spiro atoms. The molecule has 8 bridgehead atoms.